The summed E-state index contributed by atoms with van der Waals surface area (Å²) in [6.07, 6.45) is -1.27. The predicted octanol–water partition coefficient (Wildman–Crippen LogP) is 0.832. The number of amides is 1. The number of nitrogens with one attached hydrogen (secondary N) is 1. The maximum Gasteiger partial charge on any atom is 0.333 e. The van der Waals surface area contributed by atoms with Crippen molar-refractivity contribution in [1.82, 2.24) is 5.32 Å². The molecule has 0 saturated carbocycles. The minimum atomic E-state index is -1.07. The lowest BCUT2D eigenvalue weighted by Gasteiger charge is -2.42. The number of aliphatic carboxylic acids is 1. The van der Waals surface area contributed by atoms with Crippen LogP contribution >= 0.6 is 0 Å². The molecule has 0 aliphatic carbocycles. The molecular formula is C12H20FNO4. The van der Waals surface area contributed by atoms with Gasteiger partial charge in [0.05, 0.1) is 6.10 Å². The molecule has 1 heterocycles. The van der Waals surface area contributed by atoms with Gasteiger partial charge in [0.1, 0.15) is 0 Å². The molecule has 0 unspecified atom stereocenters. The Morgan fingerprint density at radius 2 is 1.83 bits per heavy atom. The van der Waals surface area contributed by atoms with Gasteiger partial charge in [-0.05, 0) is 17.8 Å². The van der Waals surface area contributed by atoms with Crippen molar-refractivity contribution in [2.24, 2.45) is 17.8 Å². The van der Waals surface area contributed by atoms with E-state index in [-0.39, 0.29) is 24.3 Å². The molecule has 5 atom stereocenters. The summed E-state index contributed by atoms with van der Waals surface area (Å²) in [6.45, 7) is 4.83. The Morgan fingerprint density at radius 3 is 2.33 bits per heavy atom. The fraction of sp³-hybridized carbons (Fsp3) is 0.833. The first-order valence-corrected chi connectivity index (χ1v) is 6.09. The van der Waals surface area contributed by atoms with E-state index in [9.17, 15) is 14.0 Å². The van der Waals surface area contributed by atoms with Crippen molar-refractivity contribution >= 4 is 11.9 Å². The quantitative estimate of drug-likeness (QED) is 0.786. The molecule has 1 amide bonds. The molecule has 1 rings (SSSR count). The lowest BCUT2D eigenvalue weighted by atomic mass is 9.76. The molecule has 0 radical (unpaired) electrons. The summed E-state index contributed by atoms with van der Waals surface area (Å²) in [6, 6.07) is 0. The monoisotopic (exact) mass is 261 g/mol. The van der Waals surface area contributed by atoms with Gasteiger partial charge in [0.2, 0.25) is 0 Å². The van der Waals surface area contributed by atoms with Gasteiger partial charge in [0.25, 0.3) is 5.91 Å². The molecule has 1 fully saturated rings. The molecule has 1 aliphatic heterocycles. The van der Waals surface area contributed by atoms with Crippen molar-refractivity contribution in [3.63, 3.8) is 0 Å². The third kappa shape index (κ3) is 3.19. The van der Waals surface area contributed by atoms with E-state index < -0.39 is 30.8 Å². The van der Waals surface area contributed by atoms with Gasteiger partial charge in [-0.25, -0.2) is 9.18 Å². The van der Waals surface area contributed by atoms with Crippen LogP contribution < -0.4 is 5.32 Å². The van der Waals surface area contributed by atoms with Crippen LogP contribution in [0, 0.1) is 17.8 Å². The van der Waals surface area contributed by atoms with Crippen LogP contribution in [0.3, 0.4) is 0 Å². The van der Waals surface area contributed by atoms with Crippen molar-refractivity contribution in [1.29, 1.82) is 0 Å². The van der Waals surface area contributed by atoms with Crippen LogP contribution in [0.4, 0.5) is 4.39 Å². The minimum absolute atomic E-state index is 0.0920. The summed E-state index contributed by atoms with van der Waals surface area (Å²) >= 11 is 0. The third-order valence-electron chi connectivity index (χ3n) is 3.91. The van der Waals surface area contributed by atoms with Crippen LogP contribution in [0.5, 0.6) is 0 Å². The number of alkyl halides is 1. The molecule has 18 heavy (non-hydrogen) atoms. The first kappa shape index (κ1) is 14.9. The van der Waals surface area contributed by atoms with E-state index in [2.05, 4.69) is 5.32 Å². The number of ether oxygens (including phenoxy) is 1. The average Bonchev–Trinajstić information content (AvgIpc) is 2.34. The second kappa shape index (κ2) is 6.13. The molecule has 0 aromatic carbocycles. The van der Waals surface area contributed by atoms with Crippen molar-refractivity contribution in [3.05, 3.63) is 0 Å². The van der Waals surface area contributed by atoms with E-state index in [0.29, 0.717) is 0 Å². The van der Waals surface area contributed by atoms with Crippen LogP contribution in [-0.4, -0.2) is 42.4 Å². The molecule has 0 aromatic rings. The summed E-state index contributed by atoms with van der Waals surface area (Å²) < 4.78 is 17.5. The Labute approximate surface area is 106 Å². The van der Waals surface area contributed by atoms with Crippen molar-refractivity contribution in [2.45, 2.75) is 33.0 Å². The van der Waals surface area contributed by atoms with Crippen molar-refractivity contribution < 1.29 is 23.8 Å². The summed E-state index contributed by atoms with van der Waals surface area (Å²) in [5.74, 6) is -1.53. The normalized spacial score (nSPS) is 36.1. The summed E-state index contributed by atoms with van der Waals surface area (Å²) in [4.78, 5) is 21.9. The Bertz CT molecular complexity index is 323. The van der Waals surface area contributed by atoms with Gasteiger partial charge in [-0.1, -0.05) is 20.8 Å². The fourth-order valence-electron chi connectivity index (χ4n) is 2.31. The molecule has 0 bridgehead atoms. The van der Waals surface area contributed by atoms with Crippen LogP contribution in [-0.2, 0) is 14.3 Å². The second-order valence-electron chi connectivity index (χ2n) is 4.95. The molecule has 0 aromatic heterocycles. The van der Waals surface area contributed by atoms with Crippen LogP contribution in [0.2, 0.25) is 0 Å². The Morgan fingerprint density at radius 1 is 1.22 bits per heavy atom. The fourth-order valence-corrected chi connectivity index (χ4v) is 2.31. The zero-order chi connectivity index (χ0) is 13.9. The highest BCUT2D eigenvalue weighted by molar-refractivity contribution is 5.77. The van der Waals surface area contributed by atoms with Crippen molar-refractivity contribution in [3.8, 4) is 0 Å². The Kier molecular flexibility index (Phi) is 5.07. The largest absolute Gasteiger partial charge is 0.479 e. The van der Waals surface area contributed by atoms with E-state index >= 15 is 0 Å². The lowest BCUT2D eigenvalue weighted by Crippen LogP contribution is -2.51. The number of carbonyl (C=O) groups excluding carboxylic acids is 1. The van der Waals surface area contributed by atoms with Gasteiger partial charge in [0.15, 0.2) is 12.8 Å². The Balaban J connectivity index is 2.67. The third-order valence-corrected chi connectivity index (χ3v) is 3.91. The number of carboxylic acids is 1. The zero-order valence-electron chi connectivity index (χ0n) is 10.9. The first-order valence-electron chi connectivity index (χ1n) is 6.09. The number of carboxylic acid groups (broad SMARTS) is 1. The lowest BCUT2D eigenvalue weighted by molar-refractivity contribution is -0.178. The van der Waals surface area contributed by atoms with Crippen LogP contribution in [0.1, 0.15) is 20.8 Å². The second-order valence-corrected chi connectivity index (χ2v) is 4.95. The van der Waals surface area contributed by atoms with E-state index in [1.54, 1.807) is 0 Å². The molecule has 104 valence electrons. The van der Waals surface area contributed by atoms with E-state index in [1.165, 1.54) is 0 Å². The maximum atomic E-state index is 12.0. The van der Waals surface area contributed by atoms with Gasteiger partial charge >= 0.3 is 5.97 Å². The van der Waals surface area contributed by atoms with E-state index in [0.717, 1.165) is 0 Å². The van der Waals surface area contributed by atoms with Crippen molar-refractivity contribution in [2.75, 3.05) is 13.2 Å². The van der Waals surface area contributed by atoms with E-state index in [4.69, 9.17) is 9.84 Å². The smallest absolute Gasteiger partial charge is 0.333 e. The molecule has 0 spiro atoms. The minimum Gasteiger partial charge on any atom is -0.479 e. The van der Waals surface area contributed by atoms with Crippen LogP contribution in [0.15, 0.2) is 0 Å². The summed E-state index contributed by atoms with van der Waals surface area (Å²) in [5, 5.41) is 11.5. The highest BCUT2D eigenvalue weighted by Gasteiger charge is 2.42. The molecular weight excluding hydrogens is 241 g/mol. The maximum absolute atomic E-state index is 12.0. The van der Waals surface area contributed by atoms with Gasteiger partial charge in [-0.2, -0.15) is 0 Å². The van der Waals surface area contributed by atoms with Gasteiger partial charge in [0, 0.05) is 6.54 Å². The van der Waals surface area contributed by atoms with Crippen LogP contribution in [0.25, 0.3) is 0 Å². The number of hydrogen-bond acceptors (Lipinski definition) is 3. The topological polar surface area (TPSA) is 75.6 Å². The van der Waals surface area contributed by atoms with Gasteiger partial charge in [-0.3, -0.25) is 4.79 Å². The molecule has 6 heteroatoms. The predicted molar refractivity (Wildman–Crippen MR) is 62.8 cm³/mol. The number of rotatable bonds is 4. The summed E-state index contributed by atoms with van der Waals surface area (Å²) in [5.41, 5.74) is 0. The first-order chi connectivity index (χ1) is 8.38. The number of halogens is 1. The molecule has 1 aliphatic rings. The number of carbonyl (C=O) groups is 2. The van der Waals surface area contributed by atoms with E-state index in [1.807, 2.05) is 20.8 Å². The standard InChI is InChI=1S/C12H20FNO4/c1-6-7(2)9(5-14-10(15)4-13)18-11(8(6)3)12(16)17/h6-9,11H,4-5H2,1-3H3,(H,14,15)(H,16,17)/t6-,7-,8+,9+,11-/m0/s1. The average molecular weight is 261 g/mol. The molecule has 1 saturated heterocycles. The zero-order valence-corrected chi connectivity index (χ0v) is 10.9. The number of hydrogen-bond donors (Lipinski definition) is 2. The highest BCUT2D eigenvalue weighted by atomic mass is 19.1. The SMILES string of the molecule is C[C@@H]1[C@@H](C)[C@@H](C(=O)O)O[C@H](CNC(=O)CF)[C@H]1C. The van der Waals surface area contributed by atoms with Gasteiger partial charge in [-0.15, -0.1) is 0 Å². The van der Waals surface area contributed by atoms with Gasteiger partial charge < -0.3 is 15.2 Å². The molecule has 5 nitrogen and oxygen atoms in total. The summed E-state index contributed by atoms with van der Waals surface area (Å²) in [7, 11) is 0. The molecule has 2 N–H and O–H groups in total. The highest BCUT2D eigenvalue weighted by Crippen LogP contribution is 2.34. The Hall–Kier alpha value is -1.17.